The Morgan fingerprint density at radius 3 is 1.86 bits per heavy atom. The van der Waals surface area contributed by atoms with Gasteiger partial charge in [0.05, 0.1) is 5.92 Å². The smallest absolute Gasteiger partial charge is 0.868 e. The third kappa shape index (κ3) is 21.0. The number of ether oxygens (including phenoxy) is 1. The van der Waals surface area contributed by atoms with Crippen LogP contribution >= 0.6 is 24.0 Å². The fourth-order valence-electron chi connectivity index (χ4n) is 1.12. The van der Waals surface area contributed by atoms with Crippen LogP contribution in [0.3, 0.4) is 0 Å². The minimum atomic E-state index is -0.467. The third-order valence-electron chi connectivity index (χ3n) is 1.98. The van der Waals surface area contributed by atoms with E-state index in [1.165, 1.54) is 25.6 Å². The molecule has 0 radical (unpaired) electrons. The standard InChI is InChI=1S/C12H22O3S.C2H4OS.K/c1-8(2)10(7-16-9(3)13)11(14)15-12(4,5)6;1-2(3)4;/h8,10H,7H2,1-6H3;1H3,(H,3,4);/q;;+1/p-1. The van der Waals surface area contributed by atoms with Gasteiger partial charge in [0.25, 0.3) is 0 Å². The Morgan fingerprint density at radius 2 is 1.62 bits per heavy atom. The van der Waals surface area contributed by atoms with Crippen molar-refractivity contribution < 1.29 is 70.8 Å². The molecule has 21 heavy (non-hydrogen) atoms. The van der Waals surface area contributed by atoms with Crippen molar-refractivity contribution in [2.45, 2.75) is 54.1 Å². The first-order chi connectivity index (χ1) is 8.86. The summed E-state index contributed by atoms with van der Waals surface area (Å²) in [7, 11) is 0. The van der Waals surface area contributed by atoms with Crippen LogP contribution in [0.15, 0.2) is 0 Å². The number of hydrogen-bond donors (Lipinski definition) is 0. The Morgan fingerprint density at radius 1 is 1.24 bits per heavy atom. The molecule has 0 aliphatic carbocycles. The van der Waals surface area contributed by atoms with Crippen molar-refractivity contribution >= 4 is 40.1 Å². The quantitative estimate of drug-likeness (QED) is 0.385. The molecule has 4 nitrogen and oxygen atoms in total. The van der Waals surface area contributed by atoms with Gasteiger partial charge >= 0.3 is 57.4 Å². The average molecular weight is 361 g/mol. The zero-order chi connectivity index (χ0) is 16.5. The predicted octanol–water partition coefficient (Wildman–Crippen LogP) is -0.422. The Hall–Kier alpha value is 1.02. The number of thioether (sulfide) groups is 1. The van der Waals surface area contributed by atoms with Crippen LogP contribution in [0.1, 0.15) is 48.5 Å². The van der Waals surface area contributed by atoms with Gasteiger partial charge in [-0.1, -0.05) is 30.7 Å². The van der Waals surface area contributed by atoms with Crippen LogP contribution in [-0.2, 0) is 14.3 Å². The van der Waals surface area contributed by atoms with Crippen molar-refractivity contribution in [3.8, 4) is 0 Å². The van der Waals surface area contributed by atoms with Crippen LogP contribution in [0.5, 0.6) is 0 Å². The van der Waals surface area contributed by atoms with Crippen molar-refractivity contribution in [1.82, 2.24) is 0 Å². The maximum absolute atomic E-state index is 11.9. The molecule has 0 N–H and O–H groups in total. The maximum atomic E-state index is 11.9. The molecule has 0 aromatic heterocycles. The van der Waals surface area contributed by atoms with Gasteiger partial charge in [0.1, 0.15) is 5.60 Å². The van der Waals surface area contributed by atoms with E-state index in [9.17, 15) is 14.7 Å². The molecule has 0 aliphatic rings. The van der Waals surface area contributed by atoms with Gasteiger partial charge in [-0.2, -0.15) is 0 Å². The number of esters is 1. The summed E-state index contributed by atoms with van der Waals surface area (Å²) in [5.74, 6) is 0.258. The SMILES string of the molecule is CC(=O)SCC(C(=O)OC(C)(C)C)C(C)C.CC([O-])=S.[K+]. The van der Waals surface area contributed by atoms with Crippen molar-refractivity contribution in [3.05, 3.63) is 0 Å². The number of carbonyl (C=O) groups is 2. The molecule has 1 unspecified atom stereocenters. The predicted molar refractivity (Wildman–Crippen MR) is 85.6 cm³/mol. The van der Waals surface area contributed by atoms with Crippen LogP contribution < -0.4 is 56.5 Å². The molecule has 0 fully saturated rings. The second-order valence-electron chi connectivity index (χ2n) is 5.68. The van der Waals surface area contributed by atoms with Crippen molar-refractivity contribution in [2.24, 2.45) is 11.8 Å². The van der Waals surface area contributed by atoms with Gasteiger partial charge < -0.3 is 9.84 Å². The molecule has 0 heterocycles. The zero-order valence-electron chi connectivity index (χ0n) is 14.3. The average Bonchev–Trinajstić information content (AvgIpc) is 2.12. The fraction of sp³-hybridized carbons (Fsp3) is 0.786. The van der Waals surface area contributed by atoms with Gasteiger partial charge in [0.15, 0.2) is 5.12 Å². The van der Waals surface area contributed by atoms with E-state index in [0.29, 0.717) is 5.75 Å². The van der Waals surface area contributed by atoms with Crippen LogP contribution in [0.25, 0.3) is 0 Å². The molecule has 118 valence electrons. The molecule has 0 saturated carbocycles. The van der Waals surface area contributed by atoms with E-state index < -0.39 is 5.60 Å². The summed E-state index contributed by atoms with van der Waals surface area (Å²) < 4.78 is 5.33. The van der Waals surface area contributed by atoms with E-state index in [1.807, 2.05) is 34.6 Å². The van der Waals surface area contributed by atoms with Gasteiger partial charge in [0.2, 0.25) is 0 Å². The molecule has 0 bridgehead atoms. The second kappa shape index (κ2) is 13.5. The van der Waals surface area contributed by atoms with E-state index in [-0.39, 0.29) is 79.4 Å². The molecule has 0 aromatic rings. The third-order valence-corrected chi connectivity index (χ3v) is 2.91. The molecule has 0 aromatic carbocycles. The topological polar surface area (TPSA) is 66.4 Å². The monoisotopic (exact) mass is 360 g/mol. The van der Waals surface area contributed by atoms with E-state index in [0.717, 1.165) is 0 Å². The van der Waals surface area contributed by atoms with Crippen molar-refractivity contribution in [1.29, 1.82) is 0 Å². The molecular weight excluding hydrogens is 335 g/mol. The van der Waals surface area contributed by atoms with Crippen LogP contribution in [0.4, 0.5) is 0 Å². The van der Waals surface area contributed by atoms with Crippen LogP contribution in [0.2, 0.25) is 0 Å². The van der Waals surface area contributed by atoms with Crippen LogP contribution in [0, 0.1) is 11.8 Å². The maximum Gasteiger partial charge on any atom is 1.00 e. The van der Waals surface area contributed by atoms with Gasteiger partial charge in [-0.25, -0.2) is 0 Å². The Balaban J connectivity index is -0.000000572. The minimum Gasteiger partial charge on any atom is -0.868 e. The van der Waals surface area contributed by atoms with Crippen LogP contribution in [-0.4, -0.2) is 27.5 Å². The number of thiocarbonyl (C=S) groups is 1. The fourth-order valence-corrected chi connectivity index (χ4v) is 2.05. The van der Waals surface area contributed by atoms with Gasteiger partial charge in [0, 0.05) is 12.7 Å². The van der Waals surface area contributed by atoms with Gasteiger partial charge in [-0.3, -0.25) is 9.59 Å². The Bertz CT molecular complexity index is 334. The summed E-state index contributed by atoms with van der Waals surface area (Å²) in [6, 6.07) is 0. The summed E-state index contributed by atoms with van der Waals surface area (Å²) in [6.45, 7) is 12.3. The molecule has 0 rings (SSSR count). The summed E-state index contributed by atoms with van der Waals surface area (Å²) in [5, 5.41) is 9.05. The van der Waals surface area contributed by atoms with E-state index >= 15 is 0 Å². The van der Waals surface area contributed by atoms with Gasteiger partial charge in [-0.15, -0.1) is 12.2 Å². The first kappa shape index (κ1) is 26.9. The summed E-state index contributed by atoms with van der Waals surface area (Å²) in [5.41, 5.74) is -0.467. The van der Waals surface area contributed by atoms with E-state index in [1.54, 1.807) is 0 Å². The molecule has 7 heteroatoms. The summed E-state index contributed by atoms with van der Waals surface area (Å²) in [6.07, 6.45) is 0. The Labute approximate surface area is 180 Å². The second-order valence-corrected chi connectivity index (χ2v) is 7.45. The molecular formula is C14H25KO4S2. The number of hydrogen-bond acceptors (Lipinski definition) is 6. The van der Waals surface area contributed by atoms with Crippen molar-refractivity contribution in [3.63, 3.8) is 0 Å². The van der Waals surface area contributed by atoms with E-state index in [4.69, 9.17) is 4.74 Å². The number of carbonyl (C=O) groups excluding carboxylic acids is 2. The molecule has 0 saturated heterocycles. The largest absolute Gasteiger partial charge is 1.00 e. The normalized spacial score (nSPS) is 11.6. The molecule has 1 atom stereocenters. The summed E-state index contributed by atoms with van der Waals surface area (Å²) >= 11 is 5.16. The number of rotatable bonds is 4. The zero-order valence-corrected chi connectivity index (χ0v) is 19.1. The first-order valence-corrected chi connectivity index (χ1v) is 7.80. The minimum absolute atomic E-state index is 0. The molecule has 0 amide bonds. The summed E-state index contributed by atoms with van der Waals surface area (Å²) in [4.78, 5) is 22.8. The molecule has 0 spiro atoms. The Kier molecular flexibility index (Phi) is 17.2. The first-order valence-electron chi connectivity index (χ1n) is 6.40. The van der Waals surface area contributed by atoms with E-state index in [2.05, 4.69) is 12.2 Å². The molecule has 0 aliphatic heterocycles. The van der Waals surface area contributed by atoms with Gasteiger partial charge in [-0.05, 0) is 33.6 Å². The van der Waals surface area contributed by atoms with Crippen molar-refractivity contribution in [2.75, 3.05) is 5.75 Å².